The highest BCUT2D eigenvalue weighted by molar-refractivity contribution is 6.31. The Morgan fingerprint density at radius 3 is 2.69 bits per heavy atom. The zero-order valence-electron chi connectivity index (χ0n) is 14.1. The minimum atomic E-state index is -0.430. The molecule has 1 aromatic heterocycles. The first-order valence-electron chi connectivity index (χ1n) is 8.11. The smallest absolute Gasteiger partial charge is 0.308 e. The second-order valence-electron chi connectivity index (χ2n) is 5.90. The summed E-state index contributed by atoms with van der Waals surface area (Å²) in [6.45, 7) is 2.49. The lowest BCUT2D eigenvalue weighted by Gasteiger charge is -2.03. The maximum atomic E-state index is 13.1. The van der Waals surface area contributed by atoms with Gasteiger partial charge in [0, 0.05) is 11.6 Å². The summed E-state index contributed by atoms with van der Waals surface area (Å²) in [6.07, 6.45) is 0.932. The van der Waals surface area contributed by atoms with E-state index in [1.807, 2.05) is 31.2 Å². The molecule has 0 aliphatic heterocycles. The maximum absolute atomic E-state index is 13.1. The summed E-state index contributed by atoms with van der Waals surface area (Å²) in [5, 5.41) is 10.6. The van der Waals surface area contributed by atoms with E-state index >= 15 is 0 Å². The largest absolute Gasteiger partial charge is 0.417 e. The summed E-state index contributed by atoms with van der Waals surface area (Å²) in [7, 11) is 0. The number of aromatic nitrogens is 2. The summed E-state index contributed by atoms with van der Waals surface area (Å²) in [6, 6.07) is 12.2. The lowest BCUT2D eigenvalue weighted by atomic mass is 10.1. The van der Waals surface area contributed by atoms with Crippen LogP contribution in [0.2, 0.25) is 5.02 Å². The first kappa shape index (κ1) is 18.1. The van der Waals surface area contributed by atoms with Crippen LogP contribution < -0.4 is 5.32 Å². The molecule has 134 valence electrons. The molecule has 0 bridgehead atoms. The minimum absolute atomic E-state index is 0.109. The quantitative estimate of drug-likeness (QED) is 0.714. The van der Waals surface area contributed by atoms with Crippen molar-refractivity contribution in [2.75, 3.05) is 6.54 Å². The number of carbonyl (C=O) groups is 1. The van der Waals surface area contributed by atoms with Gasteiger partial charge in [0.25, 0.3) is 0 Å². The number of hydrogen-bond acceptors (Lipinski definition) is 4. The molecule has 0 atom stereocenters. The first-order chi connectivity index (χ1) is 12.5. The van der Waals surface area contributed by atoms with E-state index in [0.717, 1.165) is 5.56 Å². The van der Waals surface area contributed by atoms with Gasteiger partial charge < -0.3 is 9.73 Å². The third-order valence-corrected chi connectivity index (χ3v) is 4.19. The number of nitrogens with zero attached hydrogens (tertiary/aromatic N) is 2. The molecule has 0 saturated carbocycles. The Morgan fingerprint density at radius 1 is 1.19 bits per heavy atom. The van der Waals surface area contributed by atoms with Crippen molar-refractivity contribution in [1.29, 1.82) is 0 Å². The van der Waals surface area contributed by atoms with Crippen LogP contribution >= 0.6 is 11.6 Å². The van der Waals surface area contributed by atoms with Crippen LogP contribution in [0.4, 0.5) is 4.39 Å². The third-order valence-electron chi connectivity index (χ3n) is 3.84. The van der Waals surface area contributed by atoms with Crippen molar-refractivity contribution in [3.05, 3.63) is 81.8 Å². The molecule has 2 aromatic carbocycles. The molecule has 0 fully saturated rings. The molecule has 0 aliphatic rings. The van der Waals surface area contributed by atoms with Crippen LogP contribution in [0.1, 0.15) is 33.3 Å². The summed E-state index contributed by atoms with van der Waals surface area (Å²) in [5.74, 6) is -0.719. The Hall–Kier alpha value is -2.73. The van der Waals surface area contributed by atoms with E-state index in [2.05, 4.69) is 15.5 Å². The topological polar surface area (TPSA) is 68.0 Å². The Morgan fingerprint density at radius 2 is 1.96 bits per heavy atom. The van der Waals surface area contributed by atoms with Crippen LogP contribution in [0.3, 0.4) is 0 Å². The van der Waals surface area contributed by atoms with Crippen molar-refractivity contribution in [2.45, 2.75) is 19.8 Å². The normalized spacial score (nSPS) is 10.7. The number of nitrogens with one attached hydrogen (secondary N) is 1. The van der Waals surface area contributed by atoms with Crippen LogP contribution in [0.5, 0.6) is 0 Å². The van der Waals surface area contributed by atoms with Gasteiger partial charge in [0.15, 0.2) is 0 Å². The predicted molar refractivity (Wildman–Crippen MR) is 95.7 cm³/mol. The van der Waals surface area contributed by atoms with Gasteiger partial charge in [-0.15, -0.1) is 10.2 Å². The van der Waals surface area contributed by atoms with Crippen LogP contribution in [-0.4, -0.2) is 22.6 Å². The highest BCUT2D eigenvalue weighted by atomic mass is 35.5. The molecule has 0 unspecified atom stereocenters. The van der Waals surface area contributed by atoms with E-state index < -0.39 is 11.7 Å². The fourth-order valence-electron chi connectivity index (χ4n) is 2.40. The molecular weight excluding hydrogens is 357 g/mol. The van der Waals surface area contributed by atoms with Crippen LogP contribution in [0.15, 0.2) is 46.9 Å². The summed E-state index contributed by atoms with van der Waals surface area (Å²) < 4.78 is 18.4. The fraction of sp³-hybridized carbons (Fsp3) is 0.211. The average Bonchev–Trinajstić information content (AvgIpc) is 3.08. The zero-order valence-corrected chi connectivity index (χ0v) is 14.9. The van der Waals surface area contributed by atoms with E-state index in [1.165, 1.54) is 17.7 Å². The highest BCUT2D eigenvalue weighted by Crippen LogP contribution is 2.20. The van der Waals surface area contributed by atoms with Gasteiger partial charge in [0.1, 0.15) is 5.82 Å². The molecule has 3 rings (SSSR count). The maximum Gasteiger partial charge on any atom is 0.308 e. The molecular formula is C19H17ClFN3O2. The Kier molecular flexibility index (Phi) is 5.63. The third kappa shape index (κ3) is 4.67. The molecule has 7 heteroatoms. The standard InChI is InChI=1S/C19H17ClFN3O2/c1-12-2-4-13(5-3-12)8-9-22-18(25)19-24-23-17(26-19)10-14-6-7-15(21)11-16(14)20/h2-7,11H,8-10H2,1H3,(H,22,25). The van der Waals surface area contributed by atoms with Crippen molar-refractivity contribution in [3.63, 3.8) is 0 Å². The molecule has 1 heterocycles. The lowest BCUT2D eigenvalue weighted by molar-refractivity contribution is 0.0918. The number of benzene rings is 2. The second-order valence-corrected chi connectivity index (χ2v) is 6.31. The lowest BCUT2D eigenvalue weighted by Crippen LogP contribution is -2.26. The van der Waals surface area contributed by atoms with Gasteiger partial charge in [-0.3, -0.25) is 4.79 Å². The molecule has 0 aliphatic carbocycles. The van der Waals surface area contributed by atoms with Gasteiger partial charge in [-0.25, -0.2) is 4.39 Å². The molecule has 1 N–H and O–H groups in total. The van der Waals surface area contributed by atoms with Crippen LogP contribution in [0, 0.1) is 12.7 Å². The molecule has 0 radical (unpaired) electrons. The van der Waals surface area contributed by atoms with E-state index in [4.69, 9.17) is 16.0 Å². The van der Waals surface area contributed by atoms with Crippen molar-refractivity contribution in [2.24, 2.45) is 0 Å². The monoisotopic (exact) mass is 373 g/mol. The predicted octanol–water partition coefficient (Wildman–Crippen LogP) is 3.73. The van der Waals surface area contributed by atoms with Crippen molar-refractivity contribution >= 4 is 17.5 Å². The van der Waals surface area contributed by atoms with Gasteiger partial charge in [-0.2, -0.15) is 0 Å². The van der Waals surface area contributed by atoms with Gasteiger partial charge >= 0.3 is 11.8 Å². The summed E-state index contributed by atoms with van der Waals surface area (Å²) >= 11 is 5.98. The molecule has 26 heavy (non-hydrogen) atoms. The van der Waals surface area contributed by atoms with E-state index in [-0.39, 0.29) is 23.2 Å². The second kappa shape index (κ2) is 8.10. The van der Waals surface area contributed by atoms with E-state index in [9.17, 15) is 9.18 Å². The molecule has 0 spiro atoms. The molecule has 1 amide bonds. The van der Waals surface area contributed by atoms with Gasteiger partial charge in [0.05, 0.1) is 6.42 Å². The average molecular weight is 374 g/mol. The van der Waals surface area contributed by atoms with Gasteiger partial charge in [0.2, 0.25) is 5.89 Å². The Labute approximate surface area is 155 Å². The number of halogens is 2. The number of amides is 1. The SMILES string of the molecule is Cc1ccc(CCNC(=O)c2nnc(Cc3ccc(F)cc3Cl)o2)cc1. The first-order valence-corrected chi connectivity index (χ1v) is 8.49. The summed E-state index contributed by atoms with van der Waals surface area (Å²) in [5.41, 5.74) is 2.97. The number of carbonyl (C=O) groups excluding carboxylic acids is 1. The Bertz CT molecular complexity index is 909. The van der Waals surface area contributed by atoms with Crippen molar-refractivity contribution in [1.82, 2.24) is 15.5 Å². The molecule has 5 nitrogen and oxygen atoms in total. The zero-order chi connectivity index (χ0) is 18.5. The number of rotatable bonds is 6. The Balaban J connectivity index is 1.55. The van der Waals surface area contributed by atoms with Crippen LogP contribution in [0.25, 0.3) is 0 Å². The number of hydrogen-bond donors (Lipinski definition) is 1. The molecule has 0 saturated heterocycles. The minimum Gasteiger partial charge on any atom is -0.417 e. The van der Waals surface area contributed by atoms with Crippen molar-refractivity contribution in [3.8, 4) is 0 Å². The highest BCUT2D eigenvalue weighted by Gasteiger charge is 2.15. The number of aryl methyl sites for hydroxylation is 1. The molecule has 3 aromatic rings. The fourth-order valence-corrected chi connectivity index (χ4v) is 2.63. The van der Waals surface area contributed by atoms with Crippen molar-refractivity contribution < 1.29 is 13.6 Å². The van der Waals surface area contributed by atoms with Gasteiger partial charge in [-0.05, 0) is 36.6 Å². The summed E-state index contributed by atoms with van der Waals surface area (Å²) in [4.78, 5) is 12.1. The van der Waals surface area contributed by atoms with Crippen LogP contribution in [-0.2, 0) is 12.8 Å². The van der Waals surface area contributed by atoms with Gasteiger partial charge in [-0.1, -0.05) is 47.5 Å². The van der Waals surface area contributed by atoms with E-state index in [1.54, 1.807) is 6.07 Å². The van der Waals surface area contributed by atoms with E-state index in [0.29, 0.717) is 18.5 Å².